The van der Waals surface area contributed by atoms with E-state index in [1.165, 1.54) is 36.4 Å². The number of hydrogen-bond donors (Lipinski definition) is 0. The van der Waals surface area contributed by atoms with Gasteiger partial charge in [0.2, 0.25) is 0 Å². The van der Waals surface area contributed by atoms with Gasteiger partial charge in [0.1, 0.15) is 11.6 Å². The Morgan fingerprint density at radius 3 is 1.84 bits per heavy atom. The van der Waals surface area contributed by atoms with Gasteiger partial charge in [-0.1, -0.05) is 81.3 Å². The Bertz CT molecular complexity index is 1380. The number of halogens is 3. The zero-order valence-electron chi connectivity index (χ0n) is 21.0. The zero-order valence-corrected chi connectivity index (χ0v) is 21.0. The van der Waals surface area contributed by atoms with Crippen LogP contribution in [0, 0.1) is 17.5 Å². The maximum atomic E-state index is 15.0. The molecule has 0 aliphatic rings. The number of carbonyl (C=O) groups excluding carboxylic acids is 1. The van der Waals surface area contributed by atoms with Gasteiger partial charge < -0.3 is 4.74 Å². The minimum absolute atomic E-state index is 0.0912. The topological polar surface area (TPSA) is 26.3 Å². The van der Waals surface area contributed by atoms with Gasteiger partial charge in [-0.2, -0.15) is 0 Å². The highest BCUT2D eigenvalue weighted by Crippen LogP contribution is 2.32. The molecule has 37 heavy (non-hydrogen) atoms. The van der Waals surface area contributed by atoms with Gasteiger partial charge in [-0.3, -0.25) is 0 Å². The first-order chi connectivity index (χ1) is 17.9. The first-order valence-corrected chi connectivity index (χ1v) is 12.6. The van der Waals surface area contributed by atoms with Crippen molar-refractivity contribution in [2.75, 3.05) is 0 Å². The summed E-state index contributed by atoms with van der Waals surface area (Å²) in [5.41, 5.74) is 3.26. The summed E-state index contributed by atoms with van der Waals surface area (Å²) in [6.07, 6.45) is 4.41. The third kappa shape index (κ3) is 6.11. The lowest BCUT2D eigenvalue weighted by atomic mass is 9.97. The predicted octanol–water partition coefficient (Wildman–Crippen LogP) is 8.95. The highest BCUT2D eigenvalue weighted by atomic mass is 19.2. The third-order valence-corrected chi connectivity index (χ3v) is 6.35. The number of benzene rings is 4. The summed E-state index contributed by atoms with van der Waals surface area (Å²) in [4.78, 5) is 12.5. The van der Waals surface area contributed by atoms with Crippen LogP contribution in [0.15, 0.2) is 78.9 Å². The van der Waals surface area contributed by atoms with Crippen molar-refractivity contribution < 1.29 is 22.7 Å². The maximum absolute atomic E-state index is 15.0. The van der Waals surface area contributed by atoms with E-state index in [2.05, 4.69) is 6.92 Å². The second kappa shape index (κ2) is 11.9. The largest absolute Gasteiger partial charge is 0.423 e. The van der Waals surface area contributed by atoms with E-state index < -0.39 is 23.4 Å². The lowest BCUT2D eigenvalue weighted by molar-refractivity contribution is 0.0734. The van der Waals surface area contributed by atoms with Crippen LogP contribution in [-0.2, 0) is 12.8 Å². The normalized spacial score (nSPS) is 10.9. The quantitative estimate of drug-likeness (QED) is 0.169. The van der Waals surface area contributed by atoms with Crippen molar-refractivity contribution in [2.45, 2.75) is 46.0 Å². The van der Waals surface area contributed by atoms with Crippen molar-refractivity contribution in [1.82, 2.24) is 0 Å². The van der Waals surface area contributed by atoms with Crippen molar-refractivity contribution in [3.05, 3.63) is 113 Å². The Hall–Kier alpha value is -3.86. The van der Waals surface area contributed by atoms with Gasteiger partial charge >= 0.3 is 5.97 Å². The molecule has 0 saturated heterocycles. The summed E-state index contributed by atoms with van der Waals surface area (Å²) < 4.78 is 49.6. The molecule has 0 bridgehead atoms. The fourth-order valence-electron chi connectivity index (χ4n) is 4.25. The van der Waals surface area contributed by atoms with Gasteiger partial charge in [-0.25, -0.2) is 18.0 Å². The molecule has 0 aliphatic heterocycles. The minimum Gasteiger partial charge on any atom is -0.423 e. The van der Waals surface area contributed by atoms with Crippen LogP contribution in [-0.4, -0.2) is 5.97 Å². The molecule has 0 N–H and O–H groups in total. The second-order valence-corrected chi connectivity index (χ2v) is 9.06. The summed E-state index contributed by atoms with van der Waals surface area (Å²) in [6.45, 7) is 4.12. The molecule has 0 fully saturated rings. The number of carbonyl (C=O) groups is 1. The molecule has 0 spiro atoms. The highest BCUT2D eigenvalue weighted by molar-refractivity contribution is 5.91. The highest BCUT2D eigenvalue weighted by Gasteiger charge is 2.17. The van der Waals surface area contributed by atoms with Crippen molar-refractivity contribution in [1.29, 1.82) is 0 Å². The van der Waals surface area contributed by atoms with Crippen molar-refractivity contribution in [3.8, 4) is 28.0 Å². The molecule has 4 rings (SSSR count). The molecular formula is C32H29F3O2. The predicted molar refractivity (Wildman–Crippen MR) is 141 cm³/mol. The molecule has 0 aliphatic carbocycles. The summed E-state index contributed by atoms with van der Waals surface area (Å²) in [5.74, 6) is -2.84. The van der Waals surface area contributed by atoms with E-state index >= 15 is 4.39 Å². The van der Waals surface area contributed by atoms with Crippen LogP contribution in [0.4, 0.5) is 13.2 Å². The Kier molecular flexibility index (Phi) is 8.44. The second-order valence-electron chi connectivity index (χ2n) is 9.06. The van der Waals surface area contributed by atoms with Gasteiger partial charge in [-0.05, 0) is 59.7 Å². The summed E-state index contributed by atoms with van der Waals surface area (Å²) >= 11 is 0. The average molecular weight is 503 g/mol. The lowest BCUT2D eigenvalue weighted by Crippen LogP contribution is -2.08. The van der Waals surface area contributed by atoms with Crippen LogP contribution in [0.3, 0.4) is 0 Å². The van der Waals surface area contributed by atoms with Crippen LogP contribution in [0.1, 0.15) is 54.6 Å². The molecule has 190 valence electrons. The molecule has 0 radical (unpaired) electrons. The molecule has 0 aromatic heterocycles. The first kappa shape index (κ1) is 26.2. The molecule has 2 nitrogen and oxygen atoms in total. The van der Waals surface area contributed by atoms with Gasteiger partial charge in [0.05, 0.1) is 5.56 Å². The van der Waals surface area contributed by atoms with Crippen LogP contribution < -0.4 is 4.74 Å². The van der Waals surface area contributed by atoms with Gasteiger partial charge in [0, 0.05) is 17.2 Å². The SMILES string of the molecule is CCCCc1ccc(OC(=O)c2ccc(-c3ccc(-c4ccc(CCC)cc4)c(F)c3F)cc2)cc1F. The monoisotopic (exact) mass is 502 g/mol. The standard InChI is InChI=1S/C32H29F3O2/c1-3-5-7-24-16-17-26(20-29(24)33)37-32(36)25-14-12-23(13-15-25)28-19-18-27(30(34)31(28)35)22-10-8-21(6-4-2)9-11-22/h8-20H,3-7H2,1-2H3. The van der Waals surface area contributed by atoms with E-state index in [4.69, 9.17) is 4.74 Å². The number of unbranched alkanes of at least 4 members (excludes halogenated alkanes) is 1. The van der Waals surface area contributed by atoms with E-state index in [1.54, 1.807) is 30.3 Å². The molecule has 0 saturated carbocycles. The number of ether oxygens (including phenoxy) is 1. The van der Waals surface area contributed by atoms with E-state index in [0.717, 1.165) is 31.2 Å². The Balaban J connectivity index is 1.49. The number of esters is 1. The Morgan fingerprint density at radius 1 is 0.703 bits per heavy atom. The molecule has 4 aromatic carbocycles. The molecule has 5 heteroatoms. The zero-order chi connectivity index (χ0) is 26.4. The number of hydrogen-bond acceptors (Lipinski definition) is 2. The molecule has 4 aromatic rings. The molecule has 0 heterocycles. The average Bonchev–Trinajstić information content (AvgIpc) is 2.91. The molecule has 0 amide bonds. The maximum Gasteiger partial charge on any atom is 0.343 e. The summed E-state index contributed by atoms with van der Waals surface area (Å²) in [5, 5.41) is 0. The van der Waals surface area contributed by atoms with E-state index in [1.807, 2.05) is 19.1 Å². The number of aryl methyl sites for hydroxylation is 2. The fourth-order valence-corrected chi connectivity index (χ4v) is 4.25. The van der Waals surface area contributed by atoms with Gasteiger partial charge in [-0.15, -0.1) is 0 Å². The van der Waals surface area contributed by atoms with E-state index in [9.17, 15) is 13.6 Å². The smallest absolute Gasteiger partial charge is 0.343 e. The summed E-state index contributed by atoms with van der Waals surface area (Å²) in [6, 6.07) is 20.9. The summed E-state index contributed by atoms with van der Waals surface area (Å²) in [7, 11) is 0. The lowest BCUT2D eigenvalue weighted by Gasteiger charge is -2.11. The third-order valence-electron chi connectivity index (χ3n) is 6.35. The van der Waals surface area contributed by atoms with Crippen LogP contribution in [0.2, 0.25) is 0 Å². The van der Waals surface area contributed by atoms with Gasteiger partial charge in [0.25, 0.3) is 0 Å². The van der Waals surface area contributed by atoms with Crippen LogP contribution >= 0.6 is 0 Å². The van der Waals surface area contributed by atoms with Crippen molar-refractivity contribution in [2.24, 2.45) is 0 Å². The van der Waals surface area contributed by atoms with Crippen LogP contribution in [0.25, 0.3) is 22.3 Å². The minimum atomic E-state index is -0.955. The van der Waals surface area contributed by atoms with Crippen molar-refractivity contribution in [3.63, 3.8) is 0 Å². The molecule has 0 unspecified atom stereocenters. The van der Waals surface area contributed by atoms with Crippen LogP contribution in [0.5, 0.6) is 5.75 Å². The van der Waals surface area contributed by atoms with E-state index in [0.29, 0.717) is 23.1 Å². The Morgan fingerprint density at radius 2 is 1.30 bits per heavy atom. The molecule has 0 atom stereocenters. The fraction of sp³-hybridized carbons (Fsp3) is 0.219. The van der Waals surface area contributed by atoms with Crippen molar-refractivity contribution >= 4 is 5.97 Å². The van der Waals surface area contributed by atoms with Gasteiger partial charge in [0.15, 0.2) is 11.6 Å². The molecular weight excluding hydrogens is 473 g/mol. The number of rotatable bonds is 9. The Labute approximate surface area is 215 Å². The van der Waals surface area contributed by atoms with E-state index in [-0.39, 0.29) is 22.4 Å². The first-order valence-electron chi connectivity index (χ1n) is 12.6.